The highest BCUT2D eigenvalue weighted by atomic mass is 15.1. The SMILES string of the molecule is CCN(CCNC(C)C)Cc1c(C)cc(C)cc1C. The summed E-state index contributed by atoms with van der Waals surface area (Å²) in [4.78, 5) is 2.51. The van der Waals surface area contributed by atoms with Crippen LogP contribution in [0.2, 0.25) is 0 Å². The van der Waals surface area contributed by atoms with Crippen LogP contribution in [0, 0.1) is 20.8 Å². The lowest BCUT2D eigenvalue weighted by atomic mass is 9.99. The number of nitrogens with one attached hydrogen (secondary N) is 1. The number of benzene rings is 1. The quantitative estimate of drug-likeness (QED) is 0.810. The third-order valence-corrected chi connectivity index (χ3v) is 3.65. The van der Waals surface area contributed by atoms with Gasteiger partial charge in [-0.2, -0.15) is 0 Å². The van der Waals surface area contributed by atoms with Gasteiger partial charge >= 0.3 is 0 Å². The smallest absolute Gasteiger partial charge is 0.0239 e. The molecule has 0 aliphatic rings. The van der Waals surface area contributed by atoms with Gasteiger partial charge in [-0.3, -0.25) is 4.90 Å². The summed E-state index contributed by atoms with van der Waals surface area (Å²) in [5.74, 6) is 0. The molecule has 0 bridgehead atoms. The summed E-state index contributed by atoms with van der Waals surface area (Å²) in [7, 11) is 0. The van der Waals surface area contributed by atoms with E-state index in [-0.39, 0.29) is 0 Å². The second-order valence-electron chi connectivity index (χ2n) is 5.85. The van der Waals surface area contributed by atoms with Gasteiger partial charge in [-0.15, -0.1) is 0 Å². The maximum absolute atomic E-state index is 3.49. The lowest BCUT2D eigenvalue weighted by Crippen LogP contribution is -2.34. The molecule has 0 fully saturated rings. The van der Waals surface area contributed by atoms with Gasteiger partial charge in [0.15, 0.2) is 0 Å². The number of hydrogen-bond acceptors (Lipinski definition) is 2. The molecule has 19 heavy (non-hydrogen) atoms. The van der Waals surface area contributed by atoms with Gasteiger partial charge in [0.25, 0.3) is 0 Å². The molecule has 1 N–H and O–H groups in total. The first-order valence-electron chi connectivity index (χ1n) is 7.46. The minimum Gasteiger partial charge on any atom is -0.313 e. The van der Waals surface area contributed by atoms with Crippen LogP contribution in [0.25, 0.3) is 0 Å². The first-order chi connectivity index (χ1) is 8.93. The van der Waals surface area contributed by atoms with Crippen molar-refractivity contribution in [3.05, 3.63) is 34.4 Å². The van der Waals surface area contributed by atoms with E-state index in [0.717, 1.165) is 26.2 Å². The zero-order chi connectivity index (χ0) is 14.4. The van der Waals surface area contributed by atoms with E-state index in [1.54, 1.807) is 0 Å². The standard InChI is InChI=1S/C17H30N2/c1-7-19(9-8-18-13(2)3)12-17-15(5)10-14(4)11-16(17)6/h10-11,13,18H,7-9,12H2,1-6H3. The highest BCUT2D eigenvalue weighted by Crippen LogP contribution is 2.18. The number of rotatable bonds is 7. The molecule has 0 unspecified atom stereocenters. The molecule has 0 atom stereocenters. The number of likely N-dealkylation sites (N-methyl/N-ethyl adjacent to an activating group) is 1. The Labute approximate surface area is 119 Å². The van der Waals surface area contributed by atoms with Gasteiger partial charge in [0.1, 0.15) is 0 Å². The van der Waals surface area contributed by atoms with E-state index >= 15 is 0 Å². The molecule has 0 aromatic heterocycles. The summed E-state index contributed by atoms with van der Waals surface area (Å²) < 4.78 is 0. The van der Waals surface area contributed by atoms with Crippen LogP contribution in [0.1, 0.15) is 43.0 Å². The summed E-state index contributed by atoms with van der Waals surface area (Å²) in [5, 5.41) is 3.49. The molecule has 0 radical (unpaired) electrons. The van der Waals surface area contributed by atoms with Gasteiger partial charge in [-0.05, 0) is 44.0 Å². The third-order valence-electron chi connectivity index (χ3n) is 3.65. The lowest BCUT2D eigenvalue weighted by molar-refractivity contribution is 0.275. The van der Waals surface area contributed by atoms with Crippen molar-refractivity contribution in [1.82, 2.24) is 10.2 Å². The molecule has 1 aromatic carbocycles. The van der Waals surface area contributed by atoms with Crippen LogP contribution in [0.4, 0.5) is 0 Å². The van der Waals surface area contributed by atoms with E-state index in [4.69, 9.17) is 0 Å². The highest BCUT2D eigenvalue weighted by molar-refractivity contribution is 5.37. The summed E-state index contributed by atoms with van der Waals surface area (Å²) >= 11 is 0. The molecule has 0 saturated heterocycles. The van der Waals surface area contributed by atoms with E-state index in [1.807, 2.05) is 0 Å². The lowest BCUT2D eigenvalue weighted by Gasteiger charge is -2.23. The predicted octanol–water partition coefficient (Wildman–Crippen LogP) is 3.43. The highest BCUT2D eigenvalue weighted by Gasteiger charge is 2.09. The first-order valence-corrected chi connectivity index (χ1v) is 7.46. The molecule has 0 saturated carbocycles. The molecule has 0 aliphatic heterocycles. The molecule has 2 heteroatoms. The fourth-order valence-electron chi connectivity index (χ4n) is 2.54. The minimum atomic E-state index is 0.571. The minimum absolute atomic E-state index is 0.571. The maximum atomic E-state index is 3.49. The van der Waals surface area contributed by atoms with E-state index in [1.165, 1.54) is 22.3 Å². The predicted molar refractivity (Wildman–Crippen MR) is 84.7 cm³/mol. The van der Waals surface area contributed by atoms with E-state index in [2.05, 4.69) is 63.9 Å². The normalized spacial score (nSPS) is 11.6. The van der Waals surface area contributed by atoms with Crippen molar-refractivity contribution >= 4 is 0 Å². The van der Waals surface area contributed by atoms with Crippen LogP contribution >= 0.6 is 0 Å². The van der Waals surface area contributed by atoms with Gasteiger partial charge < -0.3 is 5.32 Å². The maximum Gasteiger partial charge on any atom is 0.0239 e. The summed E-state index contributed by atoms with van der Waals surface area (Å²) in [6, 6.07) is 5.16. The third kappa shape index (κ3) is 5.33. The topological polar surface area (TPSA) is 15.3 Å². The van der Waals surface area contributed by atoms with Crippen molar-refractivity contribution in [2.75, 3.05) is 19.6 Å². The largest absolute Gasteiger partial charge is 0.313 e. The average Bonchev–Trinajstić information content (AvgIpc) is 2.30. The Kier molecular flexibility index (Phi) is 6.53. The fourth-order valence-corrected chi connectivity index (χ4v) is 2.54. The molecule has 1 aromatic rings. The van der Waals surface area contributed by atoms with Crippen LogP contribution in [0.3, 0.4) is 0 Å². The zero-order valence-corrected chi connectivity index (χ0v) is 13.5. The van der Waals surface area contributed by atoms with Crippen LogP contribution < -0.4 is 5.32 Å². The fraction of sp³-hybridized carbons (Fsp3) is 0.647. The number of nitrogens with zero attached hydrogens (tertiary/aromatic N) is 1. The van der Waals surface area contributed by atoms with Gasteiger partial charge in [-0.1, -0.05) is 38.5 Å². The van der Waals surface area contributed by atoms with Gasteiger partial charge in [0.2, 0.25) is 0 Å². The molecule has 0 spiro atoms. The summed E-state index contributed by atoms with van der Waals surface area (Å²) in [6.07, 6.45) is 0. The van der Waals surface area contributed by atoms with Crippen molar-refractivity contribution in [1.29, 1.82) is 0 Å². The van der Waals surface area contributed by atoms with Gasteiger partial charge in [-0.25, -0.2) is 0 Å². The molecular weight excluding hydrogens is 232 g/mol. The van der Waals surface area contributed by atoms with Crippen molar-refractivity contribution < 1.29 is 0 Å². The molecule has 1 rings (SSSR count). The molecule has 0 amide bonds. The van der Waals surface area contributed by atoms with E-state index in [9.17, 15) is 0 Å². The Balaban J connectivity index is 2.65. The van der Waals surface area contributed by atoms with Crippen LogP contribution in [-0.4, -0.2) is 30.6 Å². The second-order valence-corrected chi connectivity index (χ2v) is 5.85. The van der Waals surface area contributed by atoms with Gasteiger partial charge in [0, 0.05) is 25.7 Å². The molecular formula is C17H30N2. The molecule has 0 heterocycles. The van der Waals surface area contributed by atoms with Crippen molar-refractivity contribution in [3.63, 3.8) is 0 Å². The van der Waals surface area contributed by atoms with E-state index in [0.29, 0.717) is 6.04 Å². The average molecular weight is 262 g/mol. The summed E-state index contributed by atoms with van der Waals surface area (Å²) in [5.41, 5.74) is 5.71. The Morgan fingerprint density at radius 2 is 1.68 bits per heavy atom. The van der Waals surface area contributed by atoms with E-state index < -0.39 is 0 Å². The second kappa shape index (κ2) is 7.66. The van der Waals surface area contributed by atoms with Crippen molar-refractivity contribution in [3.8, 4) is 0 Å². The number of hydrogen-bond donors (Lipinski definition) is 1. The van der Waals surface area contributed by atoms with Crippen LogP contribution in [0.15, 0.2) is 12.1 Å². The Morgan fingerprint density at radius 1 is 1.11 bits per heavy atom. The molecule has 108 valence electrons. The van der Waals surface area contributed by atoms with Crippen LogP contribution in [0.5, 0.6) is 0 Å². The van der Waals surface area contributed by atoms with Crippen LogP contribution in [-0.2, 0) is 6.54 Å². The van der Waals surface area contributed by atoms with Gasteiger partial charge in [0.05, 0.1) is 0 Å². The first kappa shape index (κ1) is 16.2. The summed E-state index contributed by atoms with van der Waals surface area (Å²) in [6.45, 7) is 17.6. The number of aryl methyl sites for hydroxylation is 3. The molecule has 2 nitrogen and oxygen atoms in total. The Morgan fingerprint density at radius 3 is 2.16 bits per heavy atom. The zero-order valence-electron chi connectivity index (χ0n) is 13.5. The van der Waals surface area contributed by atoms with Crippen molar-refractivity contribution in [2.24, 2.45) is 0 Å². The monoisotopic (exact) mass is 262 g/mol. The Bertz CT molecular complexity index is 373. The van der Waals surface area contributed by atoms with Crippen molar-refractivity contribution in [2.45, 2.75) is 54.1 Å². The molecule has 0 aliphatic carbocycles. The Hall–Kier alpha value is -0.860.